The molecule has 1 rings (SSSR count). The second-order valence-electron chi connectivity index (χ2n) is 11.5. The highest BCUT2D eigenvalue weighted by Crippen LogP contribution is 2.30. The van der Waals surface area contributed by atoms with E-state index in [0.717, 1.165) is 16.7 Å². The van der Waals surface area contributed by atoms with Gasteiger partial charge in [-0.25, -0.2) is 4.79 Å². The van der Waals surface area contributed by atoms with E-state index in [2.05, 4.69) is 10.6 Å². The van der Waals surface area contributed by atoms with Crippen molar-refractivity contribution in [1.29, 1.82) is 0 Å². The molecule has 2 N–H and O–H groups in total. The van der Waals surface area contributed by atoms with E-state index in [1.165, 1.54) is 0 Å². The molecule has 0 aromatic heterocycles. The first-order valence-electron chi connectivity index (χ1n) is 12.7. The van der Waals surface area contributed by atoms with Gasteiger partial charge in [0, 0.05) is 11.6 Å². The summed E-state index contributed by atoms with van der Waals surface area (Å²) in [7, 11) is 0. The summed E-state index contributed by atoms with van der Waals surface area (Å²) in [5.74, 6) is 0.130. The number of ether oxygens (including phenoxy) is 1. The minimum absolute atomic E-state index is 0.244. The highest BCUT2D eigenvalue weighted by Gasteiger charge is 2.39. The standard InChI is InChI=1S/C28H47N3O4S/c1-12-20(4)31(25(33)22(15-16-36-11)29-26(34)35-28(8,9)10)23(24(32)30-27(5,6)7)21-14-13-18(2)17-19(21)3/h13-14,17,20,22-23H,12,15-16H2,1-11H3,(H,29,34)(H,30,32). The lowest BCUT2D eigenvalue weighted by Crippen LogP contribution is -2.57. The summed E-state index contributed by atoms with van der Waals surface area (Å²) in [5.41, 5.74) is 1.62. The van der Waals surface area contributed by atoms with Gasteiger partial charge in [0.15, 0.2) is 0 Å². The summed E-state index contributed by atoms with van der Waals surface area (Å²) < 4.78 is 5.45. The largest absolute Gasteiger partial charge is 0.444 e. The first-order valence-corrected chi connectivity index (χ1v) is 14.1. The number of carbonyl (C=O) groups excluding carboxylic acids is 3. The van der Waals surface area contributed by atoms with Gasteiger partial charge >= 0.3 is 6.09 Å². The maximum absolute atomic E-state index is 14.2. The SMILES string of the molecule is CCC(C)N(C(=O)C(CCSC)NC(=O)OC(C)(C)C)C(C(=O)NC(C)(C)C)c1ccc(C)cc1C. The number of hydrogen-bond donors (Lipinski definition) is 2. The fourth-order valence-electron chi connectivity index (χ4n) is 3.91. The van der Waals surface area contributed by atoms with E-state index in [4.69, 9.17) is 4.74 Å². The fourth-order valence-corrected chi connectivity index (χ4v) is 4.38. The molecule has 3 atom stereocenters. The van der Waals surface area contributed by atoms with Crippen molar-refractivity contribution >= 4 is 29.7 Å². The molecule has 0 aliphatic carbocycles. The molecule has 0 spiro atoms. The van der Waals surface area contributed by atoms with Gasteiger partial charge in [-0.3, -0.25) is 9.59 Å². The lowest BCUT2D eigenvalue weighted by Gasteiger charge is -2.39. The predicted octanol–water partition coefficient (Wildman–Crippen LogP) is 5.53. The number of benzene rings is 1. The molecule has 3 unspecified atom stereocenters. The molecule has 3 amide bonds. The van der Waals surface area contributed by atoms with Crippen molar-refractivity contribution in [2.45, 2.75) is 111 Å². The Morgan fingerprint density at radius 2 is 1.69 bits per heavy atom. The average molecular weight is 522 g/mol. The molecule has 0 saturated carbocycles. The number of alkyl carbamates (subject to hydrolysis) is 1. The van der Waals surface area contributed by atoms with Crippen LogP contribution in [0.5, 0.6) is 0 Å². The summed E-state index contributed by atoms with van der Waals surface area (Å²) in [6, 6.07) is 4.00. The Hall–Kier alpha value is -2.22. The van der Waals surface area contributed by atoms with Crippen LogP contribution in [0.3, 0.4) is 0 Å². The third-order valence-corrected chi connectivity index (χ3v) is 6.31. The third-order valence-electron chi connectivity index (χ3n) is 5.66. The van der Waals surface area contributed by atoms with Gasteiger partial charge in [-0.1, -0.05) is 30.7 Å². The predicted molar refractivity (Wildman–Crippen MR) is 149 cm³/mol. The van der Waals surface area contributed by atoms with Crippen molar-refractivity contribution in [3.63, 3.8) is 0 Å². The minimum atomic E-state index is -0.843. The molecular weight excluding hydrogens is 474 g/mol. The van der Waals surface area contributed by atoms with Crippen LogP contribution in [0, 0.1) is 13.8 Å². The van der Waals surface area contributed by atoms with Crippen molar-refractivity contribution in [1.82, 2.24) is 15.5 Å². The molecule has 1 aromatic carbocycles. The Bertz CT molecular complexity index is 905. The van der Waals surface area contributed by atoms with Crippen LogP contribution in [0.15, 0.2) is 18.2 Å². The van der Waals surface area contributed by atoms with E-state index in [1.54, 1.807) is 37.4 Å². The summed E-state index contributed by atoms with van der Waals surface area (Å²) in [5, 5.41) is 5.87. The van der Waals surface area contributed by atoms with Crippen LogP contribution in [0.25, 0.3) is 0 Å². The van der Waals surface area contributed by atoms with Gasteiger partial charge in [0.2, 0.25) is 11.8 Å². The van der Waals surface area contributed by atoms with Gasteiger partial charge in [-0.15, -0.1) is 0 Å². The lowest BCUT2D eigenvalue weighted by molar-refractivity contribution is -0.145. The number of aryl methyl sites for hydroxylation is 2. The molecule has 1 aromatic rings. The number of thioether (sulfide) groups is 1. The van der Waals surface area contributed by atoms with Crippen molar-refractivity contribution in [2.75, 3.05) is 12.0 Å². The van der Waals surface area contributed by atoms with Crippen LogP contribution in [-0.2, 0) is 14.3 Å². The Morgan fingerprint density at radius 3 is 2.17 bits per heavy atom. The molecule has 0 heterocycles. The van der Waals surface area contributed by atoms with E-state index < -0.39 is 29.3 Å². The zero-order chi connectivity index (χ0) is 27.8. The summed E-state index contributed by atoms with van der Waals surface area (Å²) in [6.45, 7) is 19.0. The van der Waals surface area contributed by atoms with E-state index >= 15 is 0 Å². The molecular formula is C28H47N3O4S. The molecule has 8 heteroatoms. The van der Waals surface area contributed by atoms with E-state index in [9.17, 15) is 14.4 Å². The molecule has 0 radical (unpaired) electrons. The Morgan fingerprint density at radius 1 is 1.08 bits per heavy atom. The van der Waals surface area contributed by atoms with E-state index in [-0.39, 0.29) is 17.9 Å². The summed E-state index contributed by atoms with van der Waals surface area (Å²) >= 11 is 1.59. The lowest BCUT2D eigenvalue weighted by atomic mass is 9.94. The maximum Gasteiger partial charge on any atom is 0.408 e. The van der Waals surface area contributed by atoms with Crippen molar-refractivity contribution < 1.29 is 19.1 Å². The van der Waals surface area contributed by atoms with Gasteiger partial charge in [-0.2, -0.15) is 11.8 Å². The van der Waals surface area contributed by atoms with Crippen LogP contribution < -0.4 is 10.6 Å². The zero-order valence-corrected chi connectivity index (χ0v) is 24.9. The molecule has 36 heavy (non-hydrogen) atoms. The quantitative estimate of drug-likeness (QED) is 0.423. The topological polar surface area (TPSA) is 87.7 Å². The van der Waals surface area contributed by atoms with Crippen LogP contribution in [0.2, 0.25) is 0 Å². The Labute approximate surface area is 222 Å². The molecule has 0 bridgehead atoms. The van der Waals surface area contributed by atoms with Crippen LogP contribution in [0.4, 0.5) is 4.79 Å². The van der Waals surface area contributed by atoms with Gasteiger partial charge in [0.05, 0.1) is 0 Å². The smallest absolute Gasteiger partial charge is 0.408 e. The summed E-state index contributed by atoms with van der Waals surface area (Å²) in [4.78, 5) is 42.3. The number of nitrogens with one attached hydrogen (secondary N) is 2. The second-order valence-corrected chi connectivity index (χ2v) is 12.5. The van der Waals surface area contributed by atoms with Crippen LogP contribution in [0.1, 0.15) is 91.0 Å². The first-order chi connectivity index (χ1) is 16.5. The van der Waals surface area contributed by atoms with Gasteiger partial charge in [0.1, 0.15) is 17.7 Å². The number of amides is 3. The Kier molecular flexibility index (Phi) is 11.8. The van der Waals surface area contributed by atoms with Crippen molar-refractivity contribution in [3.05, 3.63) is 34.9 Å². The number of nitrogens with zero attached hydrogens (tertiary/aromatic N) is 1. The number of carbonyl (C=O) groups is 3. The highest BCUT2D eigenvalue weighted by atomic mass is 32.2. The zero-order valence-electron chi connectivity index (χ0n) is 24.1. The van der Waals surface area contributed by atoms with Crippen molar-refractivity contribution in [3.8, 4) is 0 Å². The monoisotopic (exact) mass is 521 g/mol. The first kappa shape index (κ1) is 31.8. The summed E-state index contributed by atoms with van der Waals surface area (Å²) in [6.07, 6.45) is 2.38. The van der Waals surface area contributed by atoms with Gasteiger partial charge in [0.25, 0.3) is 0 Å². The molecule has 204 valence electrons. The molecule has 0 saturated heterocycles. The Balaban J connectivity index is 3.60. The van der Waals surface area contributed by atoms with E-state index in [1.807, 2.05) is 72.9 Å². The molecule has 0 fully saturated rings. The maximum atomic E-state index is 14.2. The average Bonchev–Trinajstić information content (AvgIpc) is 2.72. The third kappa shape index (κ3) is 10.0. The second kappa shape index (κ2) is 13.4. The van der Waals surface area contributed by atoms with Crippen molar-refractivity contribution in [2.24, 2.45) is 0 Å². The van der Waals surface area contributed by atoms with Gasteiger partial charge < -0.3 is 20.3 Å². The normalized spacial score (nSPS) is 14.4. The fraction of sp³-hybridized carbons (Fsp3) is 0.679. The minimum Gasteiger partial charge on any atom is -0.444 e. The molecule has 7 nitrogen and oxygen atoms in total. The van der Waals surface area contributed by atoms with Crippen LogP contribution in [-0.4, -0.2) is 58.0 Å². The number of rotatable bonds is 10. The van der Waals surface area contributed by atoms with E-state index in [0.29, 0.717) is 18.6 Å². The highest BCUT2D eigenvalue weighted by molar-refractivity contribution is 7.98. The van der Waals surface area contributed by atoms with Gasteiger partial charge in [-0.05, 0) is 98.3 Å². The molecule has 0 aliphatic rings. The number of hydrogen-bond acceptors (Lipinski definition) is 5. The molecule has 0 aliphatic heterocycles. The van der Waals surface area contributed by atoms with Crippen LogP contribution >= 0.6 is 11.8 Å².